The summed E-state index contributed by atoms with van der Waals surface area (Å²) in [5.74, 6) is 0.673. The molecule has 6 heteroatoms. The molecular weight excluding hydrogens is 284 g/mol. The maximum absolute atomic E-state index is 11.9. The van der Waals surface area contributed by atoms with Crippen molar-refractivity contribution in [2.75, 3.05) is 0 Å². The van der Waals surface area contributed by atoms with Crippen molar-refractivity contribution in [3.63, 3.8) is 0 Å². The predicted molar refractivity (Wildman–Crippen MR) is 77.2 cm³/mol. The van der Waals surface area contributed by atoms with Gasteiger partial charge in [-0.05, 0) is 39.0 Å². The molecule has 0 saturated heterocycles. The largest absolute Gasteiger partial charge is 0.489 e. The molecule has 1 heterocycles. The number of carbonyl (C=O) groups excluding carboxylic acids is 1. The molecule has 0 N–H and O–H groups in total. The highest BCUT2D eigenvalue weighted by Gasteiger charge is 2.13. The molecule has 0 saturated carbocycles. The summed E-state index contributed by atoms with van der Waals surface area (Å²) in [6, 6.07) is 8.45. The van der Waals surface area contributed by atoms with Crippen LogP contribution in [0.5, 0.6) is 5.75 Å². The monoisotopic (exact) mass is 300 g/mol. The molecule has 0 radical (unpaired) electrons. The van der Waals surface area contributed by atoms with Crippen molar-refractivity contribution >= 4 is 5.97 Å². The molecule has 0 aliphatic carbocycles. The first-order chi connectivity index (χ1) is 10.5. The molecule has 0 fully saturated rings. The summed E-state index contributed by atoms with van der Waals surface area (Å²) in [4.78, 5) is 11.9. The molecule has 2 aromatic rings. The van der Waals surface area contributed by atoms with Gasteiger partial charge in [0, 0.05) is 0 Å². The van der Waals surface area contributed by atoms with Gasteiger partial charge in [-0.15, -0.1) is 0 Å². The van der Waals surface area contributed by atoms with E-state index in [-0.39, 0.29) is 0 Å². The van der Waals surface area contributed by atoms with E-state index in [0.717, 1.165) is 11.3 Å². The normalized spacial score (nSPS) is 11.5. The van der Waals surface area contributed by atoms with E-state index < -0.39 is 12.1 Å². The lowest BCUT2D eigenvalue weighted by atomic mass is 10.2. The van der Waals surface area contributed by atoms with Crippen LogP contribution in [0.2, 0.25) is 0 Å². The average molecular weight is 300 g/mol. The quantitative estimate of drug-likeness (QED) is 0.789. The minimum absolute atomic E-state index is 0.300. The summed E-state index contributed by atoms with van der Waals surface area (Å²) in [5, 5.41) is 12.5. The summed E-state index contributed by atoms with van der Waals surface area (Å²) in [6.45, 7) is 5.46. The van der Waals surface area contributed by atoms with Gasteiger partial charge in [-0.1, -0.05) is 11.2 Å². The molecule has 0 aliphatic rings. The van der Waals surface area contributed by atoms with E-state index >= 15 is 0 Å². The Labute approximate surface area is 128 Å². The second-order valence-corrected chi connectivity index (χ2v) is 4.80. The number of aryl methyl sites for hydroxylation is 2. The number of nitriles is 1. The van der Waals surface area contributed by atoms with Crippen LogP contribution >= 0.6 is 0 Å². The number of benzene rings is 1. The van der Waals surface area contributed by atoms with E-state index in [1.54, 1.807) is 24.3 Å². The van der Waals surface area contributed by atoms with Crippen LogP contribution in [0.1, 0.15) is 34.3 Å². The first-order valence-electron chi connectivity index (χ1n) is 6.76. The molecule has 1 aromatic carbocycles. The second kappa shape index (κ2) is 6.76. The van der Waals surface area contributed by atoms with Crippen LogP contribution < -0.4 is 4.74 Å². The van der Waals surface area contributed by atoms with Crippen molar-refractivity contribution in [3.8, 4) is 11.8 Å². The second-order valence-electron chi connectivity index (χ2n) is 4.80. The van der Waals surface area contributed by atoms with Crippen LogP contribution in [0.4, 0.5) is 0 Å². The molecule has 0 spiro atoms. The zero-order valence-corrected chi connectivity index (χ0v) is 12.6. The summed E-state index contributed by atoms with van der Waals surface area (Å²) in [6.07, 6.45) is -0.792. The third-order valence-corrected chi connectivity index (χ3v) is 3.10. The Morgan fingerprint density at radius 1 is 1.45 bits per heavy atom. The summed E-state index contributed by atoms with van der Waals surface area (Å²) < 4.78 is 15.7. The van der Waals surface area contributed by atoms with Crippen molar-refractivity contribution in [2.24, 2.45) is 0 Å². The molecule has 114 valence electrons. The van der Waals surface area contributed by atoms with Crippen LogP contribution in [0.15, 0.2) is 28.8 Å². The Hall–Kier alpha value is -2.81. The third kappa shape index (κ3) is 3.64. The average Bonchev–Trinajstić information content (AvgIpc) is 2.84. The molecule has 1 atom stereocenters. The summed E-state index contributed by atoms with van der Waals surface area (Å²) >= 11 is 0. The van der Waals surface area contributed by atoms with E-state index in [2.05, 4.69) is 5.16 Å². The van der Waals surface area contributed by atoms with E-state index in [9.17, 15) is 4.79 Å². The van der Waals surface area contributed by atoms with Gasteiger partial charge >= 0.3 is 5.97 Å². The molecule has 1 aromatic heterocycles. The summed E-state index contributed by atoms with van der Waals surface area (Å²) in [5.41, 5.74) is 1.99. The lowest BCUT2D eigenvalue weighted by Crippen LogP contribution is -2.13. The first-order valence-corrected chi connectivity index (χ1v) is 6.76. The van der Waals surface area contributed by atoms with Gasteiger partial charge in [-0.25, -0.2) is 4.79 Å². The van der Waals surface area contributed by atoms with E-state index in [1.807, 2.05) is 19.9 Å². The maximum atomic E-state index is 11.9. The molecular formula is C16H16N2O4. The first kappa shape index (κ1) is 15.6. The van der Waals surface area contributed by atoms with Crippen LogP contribution in [-0.4, -0.2) is 17.2 Å². The lowest BCUT2D eigenvalue weighted by Gasteiger charge is -2.09. The number of aromatic nitrogens is 1. The molecule has 0 aliphatic heterocycles. The molecule has 6 nitrogen and oxygen atoms in total. The number of carbonyl (C=O) groups is 1. The minimum atomic E-state index is -0.792. The van der Waals surface area contributed by atoms with Crippen LogP contribution in [0.25, 0.3) is 0 Å². The minimum Gasteiger partial charge on any atom is -0.489 e. The van der Waals surface area contributed by atoms with Gasteiger partial charge in [0.05, 0.1) is 16.8 Å². The van der Waals surface area contributed by atoms with Crippen LogP contribution in [-0.2, 0) is 11.3 Å². The van der Waals surface area contributed by atoms with Gasteiger partial charge in [-0.2, -0.15) is 5.26 Å². The van der Waals surface area contributed by atoms with Gasteiger partial charge in [0.1, 0.15) is 24.2 Å². The Balaban J connectivity index is 2.06. The van der Waals surface area contributed by atoms with E-state index in [0.29, 0.717) is 23.7 Å². The van der Waals surface area contributed by atoms with Crippen molar-refractivity contribution < 1.29 is 18.8 Å². The van der Waals surface area contributed by atoms with Crippen LogP contribution in [0, 0.1) is 25.2 Å². The van der Waals surface area contributed by atoms with Crippen LogP contribution in [0.3, 0.4) is 0 Å². The van der Waals surface area contributed by atoms with Crippen molar-refractivity contribution in [1.82, 2.24) is 5.16 Å². The highest BCUT2D eigenvalue weighted by molar-refractivity contribution is 5.90. The lowest BCUT2D eigenvalue weighted by molar-refractivity contribution is 0.0435. The number of ether oxygens (including phenoxy) is 2. The predicted octanol–water partition coefficient (Wildman–Crippen LogP) is 2.94. The molecule has 22 heavy (non-hydrogen) atoms. The fourth-order valence-electron chi connectivity index (χ4n) is 1.83. The number of rotatable bonds is 5. The van der Waals surface area contributed by atoms with Crippen molar-refractivity contribution in [1.29, 1.82) is 5.26 Å². The van der Waals surface area contributed by atoms with Crippen molar-refractivity contribution in [2.45, 2.75) is 33.5 Å². The zero-order chi connectivity index (χ0) is 16.1. The Morgan fingerprint density at radius 3 is 2.86 bits per heavy atom. The number of hydrogen-bond donors (Lipinski definition) is 0. The molecule has 0 amide bonds. The Kier molecular flexibility index (Phi) is 4.79. The zero-order valence-electron chi connectivity index (χ0n) is 12.6. The molecule has 0 bridgehead atoms. The molecule has 0 unspecified atom stereocenters. The van der Waals surface area contributed by atoms with Crippen molar-refractivity contribution in [3.05, 3.63) is 46.8 Å². The standard InChI is InChI=1S/C16H16N2O4/c1-10(8-17)21-16(19)13-5-4-6-14(7-13)20-9-15-11(2)18-22-12(15)3/h4-7,10H,9H2,1-3H3/t10-/m1/s1. The van der Waals surface area contributed by atoms with E-state index in [4.69, 9.17) is 19.3 Å². The summed E-state index contributed by atoms with van der Waals surface area (Å²) in [7, 11) is 0. The fraction of sp³-hybridized carbons (Fsp3) is 0.312. The Morgan fingerprint density at radius 2 is 2.23 bits per heavy atom. The number of hydrogen-bond acceptors (Lipinski definition) is 6. The van der Waals surface area contributed by atoms with Gasteiger partial charge in [0.25, 0.3) is 0 Å². The number of esters is 1. The Bertz CT molecular complexity index is 696. The highest BCUT2D eigenvalue weighted by Crippen LogP contribution is 2.19. The number of nitrogens with zero attached hydrogens (tertiary/aromatic N) is 2. The van der Waals surface area contributed by atoms with E-state index in [1.165, 1.54) is 6.92 Å². The smallest absolute Gasteiger partial charge is 0.339 e. The van der Waals surface area contributed by atoms with Gasteiger partial charge < -0.3 is 14.0 Å². The highest BCUT2D eigenvalue weighted by atomic mass is 16.5. The molecule has 2 rings (SSSR count). The van der Waals surface area contributed by atoms with Gasteiger partial charge in [-0.3, -0.25) is 0 Å². The fourth-order valence-corrected chi connectivity index (χ4v) is 1.83. The van der Waals surface area contributed by atoms with Gasteiger partial charge in [0.2, 0.25) is 0 Å². The third-order valence-electron chi connectivity index (χ3n) is 3.10. The SMILES string of the molecule is Cc1noc(C)c1COc1cccc(C(=O)O[C@H](C)C#N)c1. The maximum Gasteiger partial charge on any atom is 0.339 e. The van der Waals surface area contributed by atoms with Gasteiger partial charge in [0.15, 0.2) is 6.10 Å². The topological polar surface area (TPSA) is 85.3 Å².